The van der Waals surface area contributed by atoms with Crippen LogP contribution in [0.2, 0.25) is 0 Å². The second kappa shape index (κ2) is 7.18. The molecule has 0 atom stereocenters. The van der Waals surface area contributed by atoms with Crippen LogP contribution in [0.4, 0.5) is 0 Å². The monoisotopic (exact) mass is 327 g/mol. The average molecular weight is 327 g/mol. The zero-order chi connectivity index (χ0) is 17.1. The summed E-state index contributed by atoms with van der Waals surface area (Å²) in [7, 11) is 0. The van der Waals surface area contributed by atoms with Gasteiger partial charge in [-0.3, -0.25) is 4.79 Å². The number of aromatic nitrogens is 2. The Labute approximate surface area is 143 Å². The summed E-state index contributed by atoms with van der Waals surface area (Å²) in [6.45, 7) is 8.74. The molecule has 5 heteroatoms. The van der Waals surface area contributed by atoms with Crippen molar-refractivity contribution in [1.82, 2.24) is 14.7 Å². The molecule has 24 heavy (non-hydrogen) atoms. The van der Waals surface area contributed by atoms with E-state index in [0.29, 0.717) is 26.3 Å². The van der Waals surface area contributed by atoms with E-state index in [0.717, 1.165) is 35.5 Å². The normalized spacial score (nSPS) is 14.9. The number of amides is 1. The van der Waals surface area contributed by atoms with Gasteiger partial charge in [0.05, 0.1) is 35.9 Å². The molecule has 5 nitrogen and oxygen atoms in total. The van der Waals surface area contributed by atoms with Gasteiger partial charge in [-0.15, -0.1) is 0 Å². The quantitative estimate of drug-likeness (QED) is 0.867. The lowest BCUT2D eigenvalue weighted by atomic mass is 10.1. The Hall–Kier alpha value is -2.14. The van der Waals surface area contributed by atoms with Gasteiger partial charge in [-0.25, -0.2) is 4.68 Å². The summed E-state index contributed by atoms with van der Waals surface area (Å²) in [6, 6.07) is 8.25. The Kier molecular flexibility index (Phi) is 5.00. The van der Waals surface area contributed by atoms with Crippen molar-refractivity contribution >= 4 is 5.91 Å². The molecule has 2 aromatic rings. The fourth-order valence-corrected chi connectivity index (χ4v) is 3.22. The minimum Gasteiger partial charge on any atom is -0.378 e. The molecule has 0 radical (unpaired) electrons. The Balaban J connectivity index is 2.06. The van der Waals surface area contributed by atoms with E-state index >= 15 is 0 Å². The van der Waals surface area contributed by atoms with Gasteiger partial charge in [0.25, 0.3) is 5.91 Å². The van der Waals surface area contributed by atoms with E-state index in [4.69, 9.17) is 9.84 Å². The van der Waals surface area contributed by atoms with E-state index in [1.54, 1.807) is 0 Å². The largest absolute Gasteiger partial charge is 0.378 e. The van der Waals surface area contributed by atoms with Gasteiger partial charge < -0.3 is 9.64 Å². The highest BCUT2D eigenvalue weighted by Gasteiger charge is 2.27. The minimum atomic E-state index is 0.0888. The van der Waals surface area contributed by atoms with Gasteiger partial charge in [-0.1, -0.05) is 26.0 Å². The van der Waals surface area contributed by atoms with Gasteiger partial charge >= 0.3 is 0 Å². The van der Waals surface area contributed by atoms with E-state index < -0.39 is 0 Å². The maximum absolute atomic E-state index is 13.1. The van der Waals surface area contributed by atoms with Gasteiger partial charge in [-0.2, -0.15) is 5.10 Å². The zero-order valence-electron chi connectivity index (χ0n) is 14.7. The highest BCUT2D eigenvalue weighted by atomic mass is 16.5. The lowest BCUT2D eigenvalue weighted by molar-refractivity contribution is 0.0301. The molecule has 1 aromatic heterocycles. The lowest BCUT2D eigenvalue weighted by Gasteiger charge is -2.27. The molecule has 1 amide bonds. The van der Waals surface area contributed by atoms with Crippen LogP contribution in [0.1, 0.15) is 41.2 Å². The number of hydrogen-bond donors (Lipinski definition) is 0. The van der Waals surface area contributed by atoms with Crippen LogP contribution in [0.5, 0.6) is 0 Å². The summed E-state index contributed by atoms with van der Waals surface area (Å²) >= 11 is 0. The molecular formula is C19H25N3O2. The molecule has 0 spiro atoms. The summed E-state index contributed by atoms with van der Waals surface area (Å²) in [6.07, 6.45) is 1.52. The Bertz CT molecular complexity index is 730. The van der Waals surface area contributed by atoms with Gasteiger partial charge in [0, 0.05) is 13.1 Å². The number of benzene rings is 1. The molecule has 1 aromatic carbocycles. The molecule has 1 saturated heterocycles. The molecule has 1 aliphatic rings. The van der Waals surface area contributed by atoms with Crippen molar-refractivity contribution in [2.24, 2.45) is 0 Å². The fourth-order valence-electron chi connectivity index (χ4n) is 3.22. The van der Waals surface area contributed by atoms with Crippen LogP contribution in [-0.4, -0.2) is 46.9 Å². The summed E-state index contributed by atoms with van der Waals surface area (Å²) in [5.74, 6) is 0.0888. The first kappa shape index (κ1) is 16.7. The van der Waals surface area contributed by atoms with Crippen LogP contribution in [-0.2, 0) is 17.6 Å². The van der Waals surface area contributed by atoms with E-state index in [-0.39, 0.29) is 5.91 Å². The third-order valence-electron chi connectivity index (χ3n) is 4.48. The van der Waals surface area contributed by atoms with Crippen LogP contribution in [0, 0.1) is 6.92 Å². The number of hydrogen-bond acceptors (Lipinski definition) is 3. The number of morpholine rings is 1. The maximum atomic E-state index is 13.1. The Morgan fingerprint density at radius 1 is 1.21 bits per heavy atom. The van der Waals surface area contributed by atoms with Crippen LogP contribution in [0.25, 0.3) is 5.69 Å². The van der Waals surface area contributed by atoms with Crippen LogP contribution >= 0.6 is 0 Å². The predicted octanol–water partition coefficient (Wildman–Crippen LogP) is 2.78. The van der Waals surface area contributed by atoms with Crippen molar-refractivity contribution in [2.75, 3.05) is 26.3 Å². The number of rotatable bonds is 4. The first-order chi connectivity index (χ1) is 11.7. The Morgan fingerprint density at radius 2 is 1.96 bits per heavy atom. The summed E-state index contributed by atoms with van der Waals surface area (Å²) in [5.41, 5.74) is 4.86. The first-order valence-corrected chi connectivity index (χ1v) is 8.70. The van der Waals surface area contributed by atoms with Crippen molar-refractivity contribution in [1.29, 1.82) is 0 Å². The number of ether oxygens (including phenoxy) is 1. The van der Waals surface area contributed by atoms with Crippen molar-refractivity contribution in [3.05, 3.63) is 46.8 Å². The van der Waals surface area contributed by atoms with Crippen LogP contribution in [0.15, 0.2) is 24.3 Å². The van der Waals surface area contributed by atoms with Crippen LogP contribution in [0.3, 0.4) is 0 Å². The number of nitrogens with zero attached hydrogens (tertiary/aromatic N) is 3. The lowest BCUT2D eigenvalue weighted by Crippen LogP contribution is -2.41. The van der Waals surface area contributed by atoms with Crippen molar-refractivity contribution in [2.45, 2.75) is 33.6 Å². The summed E-state index contributed by atoms with van der Waals surface area (Å²) in [5, 5.41) is 4.76. The van der Waals surface area contributed by atoms with E-state index in [1.807, 2.05) is 21.7 Å². The molecule has 1 aliphatic heterocycles. The zero-order valence-corrected chi connectivity index (χ0v) is 14.7. The smallest absolute Gasteiger partial charge is 0.257 e. The molecular weight excluding hydrogens is 302 g/mol. The molecule has 0 bridgehead atoms. The van der Waals surface area contributed by atoms with Gasteiger partial charge in [-0.05, 0) is 37.5 Å². The molecule has 1 fully saturated rings. The highest BCUT2D eigenvalue weighted by molar-refractivity contribution is 5.96. The first-order valence-electron chi connectivity index (χ1n) is 8.70. The van der Waals surface area contributed by atoms with E-state index in [9.17, 15) is 4.79 Å². The van der Waals surface area contributed by atoms with Crippen LogP contribution < -0.4 is 0 Å². The van der Waals surface area contributed by atoms with Gasteiger partial charge in [0.15, 0.2) is 0 Å². The summed E-state index contributed by atoms with van der Waals surface area (Å²) < 4.78 is 7.32. The molecule has 0 N–H and O–H groups in total. The maximum Gasteiger partial charge on any atom is 0.257 e. The molecule has 0 aliphatic carbocycles. The minimum absolute atomic E-state index is 0.0888. The second-order valence-electron chi connectivity index (χ2n) is 6.13. The third kappa shape index (κ3) is 3.08. The van der Waals surface area contributed by atoms with E-state index in [1.165, 1.54) is 5.56 Å². The van der Waals surface area contributed by atoms with E-state index in [2.05, 4.69) is 32.9 Å². The number of carbonyl (C=O) groups is 1. The third-order valence-corrected chi connectivity index (χ3v) is 4.48. The number of aryl methyl sites for hydroxylation is 2. The topological polar surface area (TPSA) is 47.4 Å². The molecule has 0 saturated carbocycles. The molecule has 128 valence electrons. The Morgan fingerprint density at radius 3 is 2.58 bits per heavy atom. The molecule has 3 rings (SSSR count). The van der Waals surface area contributed by atoms with Crippen molar-refractivity contribution in [3.63, 3.8) is 0 Å². The molecule has 2 heterocycles. The standard InChI is InChI=1S/C19H25N3O2/c1-4-16-18(19(23)21-9-11-24-12-10-21)17(5-2)22(20-16)15-8-6-7-14(3)13-15/h6-8,13H,4-5,9-12H2,1-3H3. The number of carbonyl (C=O) groups excluding carboxylic acids is 1. The van der Waals surface area contributed by atoms with Crippen molar-refractivity contribution in [3.8, 4) is 5.69 Å². The SMILES string of the molecule is CCc1nn(-c2cccc(C)c2)c(CC)c1C(=O)N1CCOCC1. The average Bonchev–Trinajstić information content (AvgIpc) is 3.00. The predicted molar refractivity (Wildman–Crippen MR) is 93.8 cm³/mol. The second-order valence-corrected chi connectivity index (χ2v) is 6.13. The summed E-state index contributed by atoms with van der Waals surface area (Å²) in [4.78, 5) is 15.0. The molecule has 0 unspecified atom stereocenters. The van der Waals surface area contributed by atoms with Crippen molar-refractivity contribution < 1.29 is 9.53 Å². The fraction of sp³-hybridized carbons (Fsp3) is 0.474. The van der Waals surface area contributed by atoms with Gasteiger partial charge in [0.1, 0.15) is 0 Å². The van der Waals surface area contributed by atoms with Gasteiger partial charge in [0.2, 0.25) is 0 Å². The highest BCUT2D eigenvalue weighted by Crippen LogP contribution is 2.23.